The van der Waals surface area contributed by atoms with E-state index in [4.69, 9.17) is 5.26 Å². The predicted octanol–water partition coefficient (Wildman–Crippen LogP) is 1.94. The lowest BCUT2D eigenvalue weighted by Gasteiger charge is -2.28. The summed E-state index contributed by atoms with van der Waals surface area (Å²) < 4.78 is 0. The average Bonchev–Trinajstić information content (AvgIpc) is 2.61. The maximum atomic E-state index is 12.0. The number of carbonyl (C=O) groups is 1. The maximum Gasteiger partial charge on any atom is 0.228 e. The highest BCUT2D eigenvalue weighted by Gasteiger charge is 2.37. The molecule has 0 radical (unpaired) electrons. The van der Waals surface area contributed by atoms with E-state index in [1.807, 2.05) is 6.92 Å². The van der Waals surface area contributed by atoms with Crippen molar-refractivity contribution in [2.75, 3.05) is 13.6 Å². The molecular weight excluding hydrogens is 176 g/mol. The van der Waals surface area contributed by atoms with E-state index in [0.29, 0.717) is 13.0 Å². The van der Waals surface area contributed by atoms with Gasteiger partial charge in [0, 0.05) is 19.0 Å². The molecule has 0 atom stereocenters. The van der Waals surface area contributed by atoms with Crippen LogP contribution in [0.5, 0.6) is 0 Å². The van der Waals surface area contributed by atoms with Crippen LogP contribution >= 0.6 is 0 Å². The minimum absolute atomic E-state index is 0.149. The summed E-state index contributed by atoms with van der Waals surface area (Å²) >= 11 is 0. The quantitative estimate of drug-likeness (QED) is 0.689. The summed E-state index contributed by atoms with van der Waals surface area (Å²) in [6, 6.07) is 2.06. The van der Waals surface area contributed by atoms with E-state index in [9.17, 15) is 4.79 Å². The Bertz CT molecular complexity index is 249. The zero-order valence-corrected chi connectivity index (χ0v) is 9.05. The fourth-order valence-corrected chi connectivity index (χ4v) is 2.15. The van der Waals surface area contributed by atoms with E-state index in [0.717, 1.165) is 25.7 Å². The number of rotatable bonds is 3. The molecule has 0 bridgehead atoms. The SMILES string of the molecule is CN(CCC#N)C(=O)C1(C)CCCC1. The molecule has 0 saturated heterocycles. The van der Waals surface area contributed by atoms with Crippen molar-refractivity contribution in [3.63, 3.8) is 0 Å². The summed E-state index contributed by atoms with van der Waals surface area (Å²) in [6.07, 6.45) is 4.76. The van der Waals surface area contributed by atoms with Crippen molar-refractivity contribution in [2.24, 2.45) is 5.41 Å². The van der Waals surface area contributed by atoms with Gasteiger partial charge in [-0.3, -0.25) is 4.79 Å². The van der Waals surface area contributed by atoms with Crippen LogP contribution in [0.25, 0.3) is 0 Å². The van der Waals surface area contributed by atoms with Crippen LogP contribution in [0.15, 0.2) is 0 Å². The van der Waals surface area contributed by atoms with Gasteiger partial charge in [0.15, 0.2) is 0 Å². The number of hydrogen-bond donors (Lipinski definition) is 0. The first kappa shape index (κ1) is 11.0. The molecule has 0 unspecified atom stereocenters. The van der Waals surface area contributed by atoms with Crippen LogP contribution in [-0.4, -0.2) is 24.4 Å². The Hall–Kier alpha value is -1.04. The standard InChI is InChI=1S/C11H18N2O/c1-11(6-3-4-7-11)10(14)13(2)9-5-8-12/h3-7,9H2,1-2H3. The monoisotopic (exact) mass is 194 g/mol. The first-order valence-corrected chi connectivity index (χ1v) is 5.23. The second kappa shape index (κ2) is 4.45. The Morgan fingerprint density at radius 3 is 2.57 bits per heavy atom. The highest BCUT2D eigenvalue weighted by atomic mass is 16.2. The first-order chi connectivity index (χ1) is 6.60. The minimum Gasteiger partial charge on any atom is -0.344 e. The van der Waals surface area contributed by atoms with Gasteiger partial charge in [-0.25, -0.2) is 0 Å². The molecule has 0 spiro atoms. The second-order valence-corrected chi connectivity index (χ2v) is 4.40. The van der Waals surface area contributed by atoms with Crippen molar-refractivity contribution >= 4 is 5.91 Å². The number of hydrogen-bond acceptors (Lipinski definition) is 2. The van der Waals surface area contributed by atoms with Crippen molar-refractivity contribution < 1.29 is 4.79 Å². The molecule has 1 fully saturated rings. The van der Waals surface area contributed by atoms with Gasteiger partial charge in [-0.15, -0.1) is 0 Å². The Balaban J connectivity index is 2.51. The van der Waals surface area contributed by atoms with Crippen LogP contribution in [0.4, 0.5) is 0 Å². The highest BCUT2D eigenvalue weighted by molar-refractivity contribution is 5.82. The third kappa shape index (κ3) is 2.25. The van der Waals surface area contributed by atoms with Crippen molar-refractivity contribution in [2.45, 2.75) is 39.0 Å². The van der Waals surface area contributed by atoms with E-state index in [1.165, 1.54) is 0 Å². The summed E-state index contributed by atoms with van der Waals surface area (Å²) in [6.45, 7) is 2.61. The van der Waals surface area contributed by atoms with E-state index >= 15 is 0 Å². The fourth-order valence-electron chi connectivity index (χ4n) is 2.15. The van der Waals surface area contributed by atoms with Gasteiger partial charge in [-0.1, -0.05) is 19.8 Å². The number of nitrogens with zero attached hydrogens (tertiary/aromatic N) is 2. The molecule has 1 aliphatic carbocycles. The van der Waals surface area contributed by atoms with Crippen molar-refractivity contribution in [3.05, 3.63) is 0 Å². The van der Waals surface area contributed by atoms with Crippen molar-refractivity contribution in [3.8, 4) is 6.07 Å². The number of carbonyl (C=O) groups excluding carboxylic acids is 1. The summed E-state index contributed by atoms with van der Waals surface area (Å²) in [5.74, 6) is 0.213. The molecule has 3 heteroatoms. The van der Waals surface area contributed by atoms with Crippen LogP contribution in [0, 0.1) is 16.7 Å². The molecule has 1 rings (SSSR count). The van der Waals surface area contributed by atoms with Crippen LogP contribution in [0.3, 0.4) is 0 Å². The minimum atomic E-state index is -0.149. The van der Waals surface area contributed by atoms with Gasteiger partial charge in [0.2, 0.25) is 5.91 Å². The summed E-state index contributed by atoms with van der Waals surface area (Å²) in [5, 5.41) is 8.44. The molecule has 14 heavy (non-hydrogen) atoms. The Labute approximate surface area is 85.7 Å². The molecule has 0 aromatic rings. The molecule has 0 heterocycles. The van der Waals surface area contributed by atoms with Gasteiger partial charge in [-0.05, 0) is 12.8 Å². The van der Waals surface area contributed by atoms with Gasteiger partial charge in [0.1, 0.15) is 0 Å². The predicted molar refractivity (Wildman–Crippen MR) is 54.4 cm³/mol. The molecule has 0 aliphatic heterocycles. The number of nitriles is 1. The Morgan fingerprint density at radius 2 is 2.07 bits per heavy atom. The molecule has 1 saturated carbocycles. The van der Waals surface area contributed by atoms with Gasteiger partial charge >= 0.3 is 0 Å². The molecule has 3 nitrogen and oxygen atoms in total. The van der Waals surface area contributed by atoms with Crippen molar-refractivity contribution in [1.29, 1.82) is 5.26 Å². The van der Waals surface area contributed by atoms with Gasteiger partial charge < -0.3 is 4.90 Å². The van der Waals surface area contributed by atoms with E-state index in [-0.39, 0.29) is 11.3 Å². The van der Waals surface area contributed by atoms with Crippen molar-refractivity contribution in [1.82, 2.24) is 4.90 Å². The van der Waals surface area contributed by atoms with Gasteiger partial charge in [0.25, 0.3) is 0 Å². The lowest BCUT2D eigenvalue weighted by atomic mass is 9.87. The van der Waals surface area contributed by atoms with Crippen LogP contribution in [0.1, 0.15) is 39.0 Å². The number of amides is 1. The fraction of sp³-hybridized carbons (Fsp3) is 0.818. The topological polar surface area (TPSA) is 44.1 Å². The maximum absolute atomic E-state index is 12.0. The smallest absolute Gasteiger partial charge is 0.228 e. The second-order valence-electron chi connectivity index (χ2n) is 4.40. The first-order valence-electron chi connectivity index (χ1n) is 5.23. The molecule has 1 aliphatic rings. The average molecular weight is 194 g/mol. The molecular formula is C11H18N2O. The summed E-state index contributed by atoms with van der Waals surface area (Å²) in [7, 11) is 1.79. The largest absolute Gasteiger partial charge is 0.344 e. The highest BCUT2D eigenvalue weighted by Crippen LogP contribution is 2.38. The lowest BCUT2D eigenvalue weighted by Crippen LogP contribution is -2.39. The van der Waals surface area contributed by atoms with E-state index in [1.54, 1.807) is 11.9 Å². The van der Waals surface area contributed by atoms with Gasteiger partial charge in [0.05, 0.1) is 12.5 Å². The normalized spacial score (nSPS) is 18.9. The molecule has 1 amide bonds. The third-order valence-electron chi connectivity index (χ3n) is 3.13. The van der Waals surface area contributed by atoms with E-state index in [2.05, 4.69) is 6.07 Å². The van der Waals surface area contributed by atoms with Crippen LogP contribution < -0.4 is 0 Å². The van der Waals surface area contributed by atoms with Crippen LogP contribution in [0.2, 0.25) is 0 Å². The van der Waals surface area contributed by atoms with Crippen LogP contribution in [-0.2, 0) is 4.79 Å². The lowest BCUT2D eigenvalue weighted by molar-refractivity contribution is -0.139. The third-order valence-corrected chi connectivity index (χ3v) is 3.13. The zero-order chi connectivity index (χ0) is 10.6. The zero-order valence-electron chi connectivity index (χ0n) is 9.05. The summed E-state index contributed by atoms with van der Waals surface area (Å²) in [5.41, 5.74) is -0.149. The molecule has 0 aromatic carbocycles. The van der Waals surface area contributed by atoms with E-state index < -0.39 is 0 Å². The molecule has 78 valence electrons. The summed E-state index contributed by atoms with van der Waals surface area (Å²) in [4.78, 5) is 13.7. The molecule has 0 N–H and O–H groups in total. The van der Waals surface area contributed by atoms with Gasteiger partial charge in [-0.2, -0.15) is 5.26 Å². The Morgan fingerprint density at radius 1 is 1.50 bits per heavy atom. The Kier molecular flexibility index (Phi) is 3.51. The molecule has 0 aromatic heterocycles.